The van der Waals surface area contributed by atoms with Gasteiger partial charge in [0.2, 0.25) is 10.0 Å². The SMILES string of the molecule is COc1ccc(S(=O)(=O)N2CCNC(C)C2C)c2ccccc12. The summed E-state index contributed by atoms with van der Waals surface area (Å²) >= 11 is 0. The van der Waals surface area contributed by atoms with Crippen LogP contribution in [-0.4, -0.2) is 45.0 Å². The molecule has 0 bridgehead atoms. The van der Waals surface area contributed by atoms with E-state index in [-0.39, 0.29) is 12.1 Å². The lowest BCUT2D eigenvalue weighted by atomic mass is 10.1. The maximum atomic E-state index is 13.2. The van der Waals surface area contributed by atoms with Gasteiger partial charge < -0.3 is 10.1 Å². The fraction of sp³-hybridized carbons (Fsp3) is 0.412. The molecule has 1 heterocycles. The third kappa shape index (κ3) is 2.71. The summed E-state index contributed by atoms with van der Waals surface area (Å²) in [5.41, 5.74) is 0. The molecule has 3 rings (SSSR count). The highest BCUT2D eigenvalue weighted by molar-refractivity contribution is 7.89. The van der Waals surface area contributed by atoms with Crippen LogP contribution in [0, 0.1) is 0 Å². The molecule has 0 aliphatic carbocycles. The van der Waals surface area contributed by atoms with Gasteiger partial charge in [0.1, 0.15) is 5.75 Å². The zero-order valence-electron chi connectivity index (χ0n) is 13.6. The number of sulfonamides is 1. The third-order valence-electron chi connectivity index (χ3n) is 4.63. The van der Waals surface area contributed by atoms with Crippen molar-refractivity contribution in [1.29, 1.82) is 0 Å². The first-order valence-electron chi connectivity index (χ1n) is 7.78. The quantitative estimate of drug-likeness (QED) is 0.935. The molecule has 1 fully saturated rings. The van der Waals surface area contributed by atoms with E-state index in [1.165, 1.54) is 0 Å². The van der Waals surface area contributed by atoms with Crippen LogP contribution in [0.5, 0.6) is 5.75 Å². The topological polar surface area (TPSA) is 58.6 Å². The lowest BCUT2D eigenvalue weighted by Crippen LogP contribution is -2.57. The van der Waals surface area contributed by atoms with E-state index in [1.54, 1.807) is 23.5 Å². The van der Waals surface area contributed by atoms with Crippen molar-refractivity contribution in [2.45, 2.75) is 30.8 Å². The molecule has 1 N–H and O–H groups in total. The van der Waals surface area contributed by atoms with Gasteiger partial charge in [-0.05, 0) is 26.0 Å². The molecule has 0 spiro atoms. The number of methoxy groups -OCH3 is 1. The predicted molar refractivity (Wildman–Crippen MR) is 91.3 cm³/mol. The van der Waals surface area contributed by atoms with Crippen LogP contribution in [0.2, 0.25) is 0 Å². The Morgan fingerprint density at radius 1 is 1.13 bits per heavy atom. The Hall–Kier alpha value is -1.63. The normalized spacial score (nSPS) is 23.1. The van der Waals surface area contributed by atoms with Gasteiger partial charge in [-0.25, -0.2) is 8.42 Å². The number of hydrogen-bond donors (Lipinski definition) is 1. The molecule has 5 nitrogen and oxygen atoms in total. The van der Waals surface area contributed by atoms with Crippen LogP contribution < -0.4 is 10.1 Å². The van der Waals surface area contributed by atoms with E-state index in [4.69, 9.17) is 4.74 Å². The second-order valence-corrected chi connectivity index (χ2v) is 7.77. The second-order valence-electron chi connectivity index (χ2n) is 5.91. The molecule has 2 unspecified atom stereocenters. The first-order chi connectivity index (χ1) is 11.0. The zero-order chi connectivity index (χ0) is 16.6. The van der Waals surface area contributed by atoms with Gasteiger partial charge in [-0.1, -0.05) is 24.3 Å². The molecule has 2 aromatic rings. The predicted octanol–water partition coefficient (Wildman–Crippen LogP) is 2.22. The number of hydrogen-bond acceptors (Lipinski definition) is 4. The molecular weight excluding hydrogens is 312 g/mol. The van der Waals surface area contributed by atoms with Gasteiger partial charge in [-0.15, -0.1) is 0 Å². The average Bonchev–Trinajstić information content (AvgIpc) is 2.56. The monoisotopic (exact) mass is 334 g/mol. The van der Waals surface area contributed by atoms with Gasteiger partial charge in [0.25, 0.3) is 0 Å². The van der Waals surface area contributed by atoms with Gasteiger partial charge in [0.15, 0.2) is 0 Å². The lowest BCUT2D eigenvalue weighted by molar-refractivity contribution is 0.233. The molecule has 6 heteroatoms. The van der Waals surface area contributed by atoms with Crippen LogP contribution in [0.4, 0.5) is 0 Å². The van der Waals surface area contributed by atoms with E-state index in [1.807, 2.05) is 38.1 Å². The summed E-state index contributed by atoms with van der Waals surface area (Å²) in [4.78, 5) is 0.342. The summed E-state index contributed by atoms with van der Waals surface area (Å²) in [5.74, 6) is 0.682. The van der Waals surface area contributed by atoms with E-state index in [2.05, 4.69) is 5.32 Å². The average molecular weight is 334 g/mol. The van der Waals surface area contributed by atoms with Crippen LogP contribution in [0.25, 0.3) is 10.8 Å². The van der Waals surface area contributed by atoms with E-state index < -0.39 is 10.0 Å². The van der Waals surface area contributed by atoms with Gasteiger partial charge in [0.05, 0.1) is 12.0 Å². The van der Waals surface area contributed by atoms with E-state index in [9.17, 15) is 8.42 Å². The summed E-state index contributed by atoms with van der Waals surface area (Å²) in [7, 11) is -1.96. The molecule has 23 heavy (non-hydrogen) atoms. The van der Waals surface area contributed by atoms with Gasteiger partial charge >= 0.3 is 0 Å². The molecular formula is C17H22N2O3S. The number of nitrogens with one attached hydrogen (secondary N) is 1. The second kappa shape index (κ2) is 6.11. The van der Waals surface area contributed by atoms with Gasteiger partial charge in [0, 0.05) is 35.9 Å². The molecule has 1 saturated heterocycles. The molecule has 0 saturated carbocycles. The summed E-state index contributed by atoms with van der Waals surface area (Å²) in [6.45, 7) is 5.10. The molecule has 0 radical (unpaired) electrons. The summed E-state index contributed by atoms with van der Waals surface area (Å²) in [5, 5.41) is 4.83. The fourth-order valence-corrected chi connectivity index (χ4v) is 5.04. The van der Waals surface area contributed by atoms with Crippen molar-refractivity contribution < 1.29 is 13.2 Å². The number of fused-ring (bicyclic) bond motifs is 1. The Kier molecular flexibility index (Phi) is 4.31. The molecule has 124 valence electrons. The number of nitrogens with zero attached hydrogens (tertiary/aromatic N) is 1. The molecule has 2 aromatic carbocycles. The Balaban J connectivity index is 2.16. The minimum absolute atomic E-state index is 0.0883. The smallest absolute Gasteiger partial charge is 0.244 e. The molecule has 0 amide bonds. The standard InChI is InChI=1S/C17H22N2O3S/c1-12-13(2)19(11-10-18-12)23(20,21)17-9-8-16(22-3)14-6-4-5-7-15(14)17/h4-9,12-13,18H,10-11H2,1-3H3. The molecule has 2 atom stereocenters. The number of piperazine rings is 1. The van der Waals surface area contributed by atoms with Crippen molar-refractivity contribution in [2.75, 3.05) is 20.2 Å². The Morgan fingerprint density at radius 3 is 2.52 bits per heavy atom. The van der Waals surface area contributed by atoms with Crippen molar-refractivity contribution in [3.63, 3.8) is 0 Å². The highest BCUT2D eigenvalue weighted by Crippen LogP contribution is 2.33. The van der Waals surface area contributed by atoms with Crippen LogP contribution >= 0.6 is 0 Å². The van der Waals surface area contributed by atoms with E-state index >= 15 is 0 Å². The zero-order valence-corrected chi connectivity index (χ0v) is 14.4. The van der Waals surface area contributed by atoms with Crippen LogP contribution in [0.15, 0.2) is 41.3 Å². The van der Waals surface area contributed by atoms with Crippen LogP contribution in [-0.2, 0) is 10.0 Å². The molecule has 1 aliphatic heterocycles. The summed E-state index contributed by atoms with van der Waals surface area (Å²) < 4.78 is 33.4. The Morgan fingerprint density at radius 2 is 1.83 bits per heavy atom. The van der Waals surface area contributed by atoms with Crippen molar-refractivity contribution in [2.24, 2.45) is 0 Å². The molecule has 1 aliphatic rings. The van der Waals surface area contributed by atoms with Crippen molar-refractivity contribution in [3.05, 3.63) is 36.4 Å². The van der Waals surface area contributed by atoms with Gasteiger partial charge in [-0.2, -0.15) is 4.31 Å². The van der Waals surface area contributed by atoms with Crippen LogP contribution in [0.3, 0.4) is 0 Å². The maximum absolute atomic E-state index is 13.2. The van der Waals surface area contributed by atoms with Gasteiger partial charge in [-0.3, -0.25) is 0 Å². The highest BCUT2D eigenvalue weighted by atomic mass is 32.2. The Bertz CT molecular complexity index is 820. The van der Waals surface area contributed by atoms with E-state index in [0.717, 1.165) is 5.39 Å². The highest BCUT2D eigenvalue weighted by Gasteiger charge is 2.35. The summed E-state index contributed by atoms with van der Waals surface area (Å²) in [6.07, 6.45) is 0. The van der Waals surface area contributed by atoms with Crippen molar-refractivity contribution in [3.8, 4) is 5.75 Å². The largest absolute Gasteiger partial charge is 0.496 e. The first kappa shape index (κ1) is 16.2. The number of rotatable bonds is 3. The lowest BCUT2D eigenvalue weighted by Gasteiger charge is -2.37. The summed E-state index contributed by atoms with van der Waals surface area (Å²) in [6, 6.07) is 10.9. The molecule has 0 aromatic heterocycles. The van der Waals surface area contributed by atoms with Crippen molar-refractivity contribution >= 4 is 20.8 Å². The Labute approximate surface area is 137 Å². The number of benzene rings is 2. The third-order valence-corrected chi connectivity index (χ3v) is 6.67. The maximum Gasteiger partial charge on any atom is 0.244 e. The van der Waals surface area contributed by atoms with Crippen LogP contribution in [0.1, 0.15) is 13.8 Å². The first-order valence-corrected chi connectivity index (χ1v) is 9.22. The minimum Gasteiger partial charge on any atom is -0.496 e. The van der Waals surface area contributed by atoms with E-state index in [0.29, 0.717) is 29.1 Å². The fourth-order valence-electron chi connectivity index (χ4n) is 3.14. The number of ether oxygens (including phenoxy) is 1. The minimum atomic E-state index is -3.56. The van der Waals surface area contributed by atoms with Crippen molar-refractivity contribution in [1.82, 2.24) is 9.62 Å².